The van der Waals surface area contributed by atoms with Crippen molar-refractivity contribution in [3.63, 3.8) is 0 Å². The summed E-state index contributed by atoms with van der Waals surface area (Å²) >= 11 is 0. The van der Waals surface area contributed by atoms with Gasteiger partial charge in [0.1, 0.15) is 0 Å². The molecule has 0 unspecified atom stereocenters. The molecule has 0 bridgehead atoms. The number of hydrogen-bond donors (Lipinski definition) is 1. The summed E-state index contributed by atoms with van der Waals surface area (Å²) in [5.41, 5.74) is 8.91. The summed E-state index contributed by atoms with van der Waals surface area (Å²) < 4.78 is 0. The summed E-state index contributed by atoms with van der Waals surface area (Å²) in [4.78, 5) is 14.1. The molecule has 2 N–H and O–H groups in total. The predicted octanol–water partition coefficient (Wildman–Crippen LogP) is 3.91. The monoisotopic (exact) mass is 274 g/mol. The SMILES string of the molecule is CCCCCCCCN1C(=O)CCc2cc(N)ccc21. The van der Waals surface area contributed by atoms with Gasteiger partial charge in [-0.3, -0.25) is 4.79 Å². The Hall–Kier alpha value is -1.51. The molecule has 1 amide bonds. The van der Waals surface area contributed by atoms with Crippen molar-refractivity contribution >= 4 is 17.3 Å². The smallest absolute Gasteiger partial charge is 0.227 e. The third-order valence-corrected chi connectivity index (χ3v) is 4.04. The Morgan fingerprint density at radius 2 is 1.85 bits per heavy atom. The molecule has 0 saturated heterocycles. The van der Waals surface area contributed by atoms with Gasteiger partial charge < -0.3 is 10.6 Å². The Morgan fingerprint density at radius 1 is 1.10 bits per heavy atom. The molecule has 3 heteroatoms. The van der Waals surface area contributed by atoms with Crippen LogP contribution in [-0.4, -0.2) is 12.5 Å². The largest absolute Gasteiger partial charge is 0.399 e. The second-order valence-corrected chi connectivity index (χ2v) is 5.70. The van der Waals surface area contributed by atoms with Crippen LogP contribution in [0.5, 0.6) is 0 Å². The highest BCUT2D eigenvalue weighted by Crippen LogP contribution is 2.29. The lowest BCUT2D eigenvalue weighted by molar-refractivity contribution is -0.118. The molecule has 1 heterocycles. The van der Waals surface area contributed by atoms with Crippen LogP contribution in [0.15, 0.2) is 18.2 Å². The highest BCUT2D eigenvalue weighted by Gasteiger charge is 2.23. The second kappa shape index (κ2) is 7.32. The maximum Gasteiger partial charge on any atom is 0.227 e. The maximum atomic E-state index is 12.1. The molecule has 0 atom stereocenters. The van der Waals surface area contributed by atoms with Gasteiger partial charge in [-0.15, -0.1) is 0 Å². The number of anilines is 2. The minimum Gasteiger partial charge on any atom is -0.399 e. The van der Waals surface area contributed by atoms with Crippen molar-refractivity contribution in [3.8, 4) is 0 Å². The summed E-state index contributed by atoms with van der Waals surface area (Å²) in [6.07, 6.45) is 8.96. The molecule has 1 aliphatic heterocycles. The fourth-order valence-electron chi connectivity index (χ4n) is 2.88. The number of hydrogen-bond acceptors (Lipinski definition) is 2. The molecule has 2 rings (SSSR count). The lowest BCUT2D eigenvalue weighted by atomic mass is 10.00. The molecule has 1 aliphatic rings. The van der Waals surface area contributed by atoms with Crippen molar-refractivity contribution in [2.75, 3.05) is 17.2 Å². The van der Waals surface area contributed by atoms with E-state index in [1.165, 1.54) is 37.7 Å². The molecule has 20 heavy (non-hydrogen) atoms. The third-order valence-electron chi connectivity index (χ3n) is 4.04. The third kappa shape index (κ3) is 3.75. The molecule has 1 aromatic carbocycles. The topological polar surface area (TPSA) is 46.3 Å². The molecule has 0 aromatic heterocycles. The zero-order chi connectivity index (χ0) is 14.4. The average molecular weight is 274 g/mol. The summed E-state index contributed by atoms with van der Waals surface area (Å²) in [5, 5.41) is 0. The van der Waals surface area contributed by atoms with E-state index in [-0.39, 0.29) is 5.91 Å². The van der Waals surface area contributed by atoms with E-state index in [2.05, 4.69) is 6.92 Å². The van der Waals surface area contributed by atoms with E-state index in [1.54, 1.807) is 0 Å². The molecule has 0 radical (unpaired) electrons. The van der Waals surface area contributed by atoms with Crippen LogP contribution in [0.3, 0.4) is 0 Å². The zero-order valence-corrected chi connectivity index (χ0v) is 12.5. The number of nitrogen functional groups attached to an aromatic ring is 1. The normalized spacial score (nSPS) is 14.4. The second-order valence-electron chi connectivity index (χ2n) is 5.70. The molecule has 3 nitrogen and oxygen atoms in total. The van der Waals surface area contributed by atoms with Gasteiger partial charge >= 0.3 is 0 Å². The van der Waals surface area contributed by atoms with Crippen LogP contribution in [0, 0.1) is 0 Å². The fourth-order valence-corrected chi connectivity index (χ4v) is 2.88. The summed E-state index contributed by atoms with van der Waals surface area (Å²) in [7, 11) is 0. The molecular weight excluding hydrogens is 248 g/mol. The van der Waals surface area contributed by atoms with Gasteiger partial charge in [0.15, 0.2) is 0 Å². The van der Waals surface area contributed by atoms with Gasteiger partial charge in [0.05, 0.1) is 0 Å². The van der Waals surface area contributed by atoms with Gasteiger partial charge in [0.2, 0.25) is 5.91 Å². The van der Waals surface area contributed by atoms with Crippen LogP contribution in [0.25, 0.3) is 0 Å². The Labute approximate surface area is 122 Å². The number of carbonyl (C=O) groups excluding carboxylic acids is 1. The Balaban J connectivity index is 1.89. The number of nitrogens with two attached hydrogens (primary N) is 1. The van der Waals surface area contributed by atoms with Gasteiger partial charge in [-0.25, -0.2) is 0 Å². The van der Waals surface area contributed by atoms with E-state index in [4.69, 9.17) is 5.73 Å². The average Bonchev–Trinajstić information content (AvgIpc) is 2.44. The molecule has 0 fully saturated rings. The first-order valence-electron chi connectivity index (χ1n) is 7.91. The number of rotatable bonds is 7. The molecular formula is C17H26N2O. The van der Waals surface area contributed by atoms with Gasteiger partial charge in [-0.1, -0.05) is 39.0 Å². The number of unbranched alkanes of at least 4 members (excludes halogenated alkanes) is 5. The fraction of sp³-hybridized carbons (Fsp3) is 0.588. The lowest BCUT2D eigenvalue weighted by Gasteiger charge is -2.29. The predicted molar refractivity (Wildman–Crippen MR) is 84.9 cm³/mol. The summed E-state index contributed by atoms with van der Waals surface area (Å²) in [6, 6.07) is 5.90. The van der Waals surface area contributed by atoms with Crippen LogP contribution in [-0.2, 0) is 11.2 Å². The molecule has 0 spiro atoms. The van der Waals surface area contributed by atoms with Crippen LogP contribution in [0.2, 0.25) is 0 Å². The van der Waals surface area contributed by atoms with Crippen molar-refractivity contribution in [2.45, 2.75) is 58.3 Å². The van der Waals surface area contributed by atoms with Gasteiger partial charge in [-0.2, -0.15) is 0 Å². The van der Waals surface area contributed by atoms with Crippen LogP contribution in [0.4, 0.5) is 11.4 Å². The molecule has 0 saturated carbocycles. The van der Waals surface area contributed by atoms with E-state index in [1.807, 2.05) is 23.1 Å². The number of fused-ring (bicyclic) bond motifs is 1. The minimum absolute atomic E-state index is 0.260. The first kappa shape index (κ1) is 14.9. The lowest BCUT2D eigenvalue weighted by Crippen LogP contribution is -2.35. The first-order valence-corrected chi connectivity index (χ1v) is 7.91. The highest BCUT2D eigenvalue weighted by atomic mass is 16.2. The van der Waals surface area contributed by atoms with E-state index < -0.39 is 0 Å². The van der Waals surface area contributed by atoms with Crippen molar-refractivity contribution < 1.29 is 4.79 Å². The van der Waals surface area contributed by atoms with Crippen molar-refractivity contribution in [2.24, 2.45) is 0 Å². The number of aryl methyl sites for hydroxylation is 1. The standard InChI is InChI=1S/C17H26N2O/c1-2-3-4-5-6-7-12-19-16-10-9-15(18)13-14(16)8-11-17(19)20/h9-10,13H,2-8,11-12,18H2,1H3. The van der Waals surface area contributed by atoms with Crippen LogP contribution < -0.4 is 10.6 Å². The van der Waals surface area contributed by atoms with Crippen molar-refractivity contribution in [1.82, 2.24) is 0 Å². The summed E-state index contributed by atoms with van der Waals surface area (Å²) in [6.45, 7) is 3.08. The van der Waals surface area contributed by atoms with Gasteiger partial charge in [0.25, 0.3) is 0 Å². The van der Waals surface area contributed by atoms with E-state index in [0.29, 0.717) is 6.42 Å². The Bertz CT molecular complexity index is 456. The molecule has 0 aliphatic carbocycles. The van der Waals surface area contributed by atoms with E-state index in [0.717, 1.165) is 30.8 Å². The highest BCUT2D eigenvalue weighted by molar-refractivity contribution is 5.96. The summed E-state index contributed by atoms with van der Waals surface area (Å²) in [5.74, 6) is 0.260. The van der Waals surface area contributed by atoms with Gasteiger partial charge in [0, 0.05) is 24.3 Å². The molecule has 110 valence electrons. The number of carbonyl (C=O) groups is 1. The maximum absolute atomic E-state index is 12.1. The number of benzene rings is 1. The van der Waals surface area contributed by atoms with E-state index in [9.17, 15) is 4.79 Å². The van der Waals surface area contributed by atoms with Crippen molar-refractivity contribution in [1.29, 1.82) is 0 Å². The van der Waals surface area contributed by atoms with Crippen molar-refractivity contribution in [3.05, 3.63) is 23.8 Å². The van der Waals surface area contributed by atoms with Crippen LogP contribution >= 0.6 is 0 Å². The van der Waals surface area contributed by atoms with E-state index >= 15 is 0 Å². The first-order chi connectivity index (χ1) is 9.72. The quantitative estimate of drug-likeness (QED) is 0.605. The minimum atomic E-state index is 0.260. The Morgan fingerprint density at radius 3 is 2.65 bits per heavy atom. The zero-order valence-electron chi connectivity index (χ0n) is 12.5. The van der Waals surface area contributed by atoms with Crippen LogP contribution in [0.1, 0.15) is 57.4 Å². The number of amides is 1. The Kier molecular flexibility index (Phi) is 5.45. The van der Waals surface area contributed by atoms with Gasteiger partial charge in [-0.05, 0) is 36.6 Å². The number of nitrogens with zero attached hydrogens (tertiary/aromatic N) is 1. The molecule has 1 aromatic rings.